The van der Waals surface area contributed by atoms with Crippen molar-refractivity contribution in [3.63, 3.8) is 0 Å². The topological polar surface area (TPSA) is 27.3 Å². The number of hydrogen-bond donors (Lipinski definition) is 0. The number of fused-ring (bicyclic) bond motifs is 14. The lowest BCUT2D eigenvalue weighted by atomic mass is 9.78. The lowest BCUT2D eigenvalue weighted by molar-refractivity contribution is 0.132. The van der Waals surface area contributed by atoms with Crippen molar-refractivity contribution in [1.29, 1.82) is 0 Å². The van der Waals surface area contributed by atoms with Crippen molar-refractivity contribution < 1.29 is 9.47 Å². The van der Waals surface area contributed by atoms with E-state index in [1.54, 1.807) is 0 Å². The number of rotatable bonds is 4. The smallest absolute Gasteiger partial charge is 0.144 e. The molecule has 4 aromatic heterocycles. The van der Waals surface area contributed by atoms with Crippen LogP contribution in [0.3, 0.4) is 0 Å². The Kier molecular flexibility index (Phi) is 9.66. The summed E-state index contributed by atoms with van der Waals surface area (Å²) in [6.45, 7) is 41.0. The predicted octanol–water partition coefficient (Wildman–Crippen LogP) is 18.9. The summed E-state index contributed by atoms with van der Waals surface area (Å²) in [5.74, 6) is 1.78. The zero-order valence-corrected chi connectivity index (χ0v) is 45.1. The summed E-state index contributed by atoms with van der Waals surface area (Å²) in [5.41, 5.74) is 16.3. The average molecular weight is 925 g/mol. The molecule has 0 aliphatic carbocycles. The first-order chi connectivity index (χ1) is 32.5. The highest BCUT2D eigenvalue weighted by molar-refractivity contribution is 6.46. The number of nitrogens with zero attached hydrogens (tertiary/aromatic N) is 2. The molecule has 11 aromatic rings. The Hall–Kier alpha value is -6.26. The number of benzene rings is 7. The van der Waals surface area contributed by atoms with E-state index in [4.69, 9.17) is 9.47 Å². The maximum Gasteiger partial charge on any atom is 0.144 e. The monoisotopic (exact) mass is 925 g/mol. The molecule has 0 bridgehead atoms. The molecule has 0 N–H and O–H groups in total. The second-order valence-electron chi connectivity index (χ2n) is 26.6. The summed E-state index contributed by atoms with van der Waals surface area (Å²) in [4.78, 5) is 0. The summed E-state index contributed by atoms with van der Waals surface area (Å²) in [5, 5.41) is 9.91. The van der Waals surface area contributed by atoms with Crippen LogP contribution in [-0.2, 0) is 21.7 Å². The molecule has 7 aromatic carbocycles. The normalized spacial score (nSPS) is 13.9. The molecule has 0 saturated carbocycles. The fraction of sp³-hybridized carbons (Fsp3) is 0.364. The number of ether oxygens (including phenoxy) is 2. The van der Waals surface area contributed by atoms with Gasteiger partial charge in [-0.25, -0.2) is 0 Å². The quantitative estimate of drug-likeness (QED) is 0.176. The van der Waals surface area contributed by atoms with Crippen LogP contribution < -0.4 is 9.47 Å². The van der Waals surface area contributed by atoms with E-state index in [9.17, 15) is 0 Å². The van der Waals surface area contributed by atoms with Gasteiger partial charge in [0.25, 0.3) is 0 Å². The number of aromatic nitrogens is 2. The number of para-hydroxylation sites is 4. The Morgan fingerprint density at radius 1 is 0.300 bits per heavy atom. The molecule has 0 saturated heterocycles. The van der Waals surface area contributed by atoms with E-state index in [-0.39, 0.29) is 21.7 Å². The second-order valence-corrected chi connectivity index (χ2v) is 26.6. The van der Waals surface area contributed by atoms with E-state index < -0.39 is 11.2 Å². The molecule has 358 valence electrons. The van der Waals surface area contributed by atoms with Gasteiger partial charge in [0, 0.05) is 54.2 Å². The highest BCUT2D eigenvalue weighted by atomic mass is 16.5. The minimum absolute atomic E-state index is 0.0423. The molecule has 4 heterocycles. The van der Waals surface area contributed by atoms with Crippen LogP contribution in [0, 0.1) is 0 Å². The summed E-state index contributed by atoms with van der Waals surface area (Å²) in [6.07, 6.45) is 0. The third-order valence-electron chi connectivity index (χ3n) is 14.7. The number of hydrogen-bond acceptors (Lipinski definition) is 2. The van der Waals surface area contributed by atoms with Gasteiger partial charge in [-0.3, -0.25) is 0 Å². The van der Waals surface area contributed by atoms with Crippen LogP contribution in [0.5, 0.6) is 11.5 Å². The van der Waals surface area contributed by atoms with Gasteiger partial charge in [-0.05, 0) is 109 Å². The van der Waals surface area contributed by atoms with Crippen molar-refractivity contribution in [3.8, 4) is 33.8 Å². The Labute approximate surface area is 415 Å². The largest absolute Gasteiger partial charge is 0.486 e. The summed E-state index contributed by atoms with van der Waals surface area (Å²) >= 11 is 0. The molecule has 11 rings (SSSR count). The Balaban J connectivity index is 1.43. The fourth-order valence-electron chi connectivity index (χ4n) is 11.4. The van der Waals surface area contributed by atoms with Gasteiger partial charge in [-0.2, -0.15) is 0 Å². The summed E-state index contributed by atoms with van der Waals surface area (Å²) in [7, 11) is 0. The van der Waals surface area contributed by atoms with Gasteiger partial charge in [-0.15, -0.1) is 0 Å². The van der Waals surface area contributed by atoms with Crippen LogP contribution in [0.1, 0.15) is 147 Å². The van der Waals surface area contributed by atoms with Crippen molar-refractivity contribution in [2.75, 3.05) is 0 Å². The maximum absolute atomic E-state index is 7.08. The van der Waals surface area contributed by atoms with E-state index in [0.717, 1.165) is 22.5 Å². The molecule has 0 radical (unpaired) electrons. The van der Waals surface area contributed by atoms with Crippen LogP contribution in [0.2, 0.25) is 0 Å². The molecule has 4 nitrogen and oxygen atoms in total. The first-order valence-electron chi connectivity index (χ1n) is 25.6. The Morgan fingerprint density at radius 2 is 0.571 bits per heavy atom. The van der Waals surface area contributed by atoms with Crippen molar-refractivity contribution in [3.05, 3.63) is 131 Å². The standard InChI is InChI=1S/C66H72N2O2/c1-61(2,3)39-31-37(32-40(35-39)62(4,5)6)43-23-19-25-45-51-53-48-28-22-30-50(70-66(16,17)18)58(48)68-56-44(38-33-41(63(7,8)9)36-42(34-38)64(10,11)12)24-20-26-46(56)52(60(53)68)54-47-27-21-29-49(69-65(13,14)15)57(47)67(55(43)45)59(51)54/h19-36H,1-18H3. The van der Waals surface area contributed by atoms with E-state index >= 15 is 0 Å². The van der Waals surface area contributed by atoms with Gasteiger partial charge >= 0.3 is 0 Å². The van der Waals surface area contributed by atoms with Crippen LogP contribution in [0.4, 0.5) is 0 Å². The predicted molar refractivity (Wildman–Crippen MR) is 302 cm³/mol. The minimum atomic E-state index is -0.426. The third-order valence-corrected chi connectivity index (χ3v) is 14.7. The molecule has 0 amide bonds. The van der Waals surface area contributed by atoms with Crippen LogP contribution in [0.25, 0.3) is 98.4 Å². The molecule has 0 atom stereocenters. The highest BCUT2D eigenvalue weighted by Crippen LogP contribution is 2.56. The van der Waals surface area contributed by atoms with Crippen molar-refractivity contribution in [1.82, 2.24) is 8.80 Å². The van der Waals surface area contributed by atoms with E-state index in [1.807, 2.05) is 0 Å². The van der Waals surface area contributed by atoms with Gasteiger partial charge in [0.2, 0.25) is 0 Å². The fourth-order valence-corrected chi connectivity index (χ4v) is 11.4. The van der Waals surface area contributed by atoms with Crippen LogP contribution in [-0.4, -0.2) is 20.0 Å². The molecule has 4 heteroatoms. The van der Waals surface area contributed by atoms with Gasteiger partial charge in [0.15, 0.2) is 0 Å². The van der Waals surface area contributed by atoms with Crippen molar-refractivity contribution >= 4 is 76.2 Å². The lowest BCUT2D eigenvalue weighted by Gasteiger charge is -2.26. The zero-order chi connectivity index (χ0) is 50.2. The Bertz CT molecular complexity index is 3600. The zero-order valence-electron chi connectivity index (χ0n) is 45.1. The van der Waals surface area contributed by atoms with Crippen LogP contribution >= 0.6 is 0 Å². The van der Waals surface area contributed by atoms with Crippen molar-refractivity contribution in [2.45, 2.75) is 157 Å². The first-order valence-corrected chi connectivity index (χ1v) is 25.6. The lowest BCUT2D eigenvalue weighted by Crippen LogP contribution is -2.23. The maximum atomic E-state index is 7.08. The first kappa shape index (κ1) is 46.1. The SMILES string of the molecule is CC(C)(C)Oc1cccc2c3c4c5cccc(-c6cc(C(C)(C)C)cc(C(C)(C)C)c6)c5n5c6c(OC(C)(C)C)cccc6c(c6c7cccc(-c8cc(C(C)(C)C)cc(C(C)(C)C)c8)c7n(c12)c36)c45. The molecule has 70 heavy (non-hydrogen) atoms. The van der Waals surface area contributed by atoms with E-state index in [2.05, 4.69) is 243 Å². The van der Waals surface area contributed by atoms with Gasteiger partial charge in [0.05, 0.1) is 33.1 Å². The van der Waals surface area contributed by atoms with E-state index in [1.165, 1.54) is 110 Å². The molecule has 0 spiro atoms. The molecular formula is C66H72N2O2. The van der Waals surface area contributed by atoms with E-state index in [0.29, 0.717) is 0 Å². The summed E-state index contributed by atoms with van der Waals surface area (Å²) < 4.78 is 19.4. The third kappa shape index (κ3) is 7.05. The molecular weight excluding hydrogens is 853 g/mol. The second kappa shape index (κ2) is 14.7. The minimum Gasteiger partial charge on any atom is -0.486 e. The van der Waals surface area contributed by atoms with Gasteiger partial charge < -0.3 is 18.3 Å². The van der Waals surface area contributed by atoms with Crippen LogP contribution in [0.15, 0.2) is 109 Å². The molecule has 0 fully saturated rings. The van der Waals surface area contributed by atoms with Gasteiger partial charge in [0.1, 0.15) is 22.7 Å². The Morgan fingerprint density at radius 3 is 0.843 bits per heavy atom. The van der Waals surface area contributed by atoms with Crippen molar-refractivity contribution in [2.24, 2.45) is 0 Å². The van der Waals surface area contributed by atoms with Gasteiger partial charge in [-0.1, -0.05) is 180 Å². The molecule has 0 aliphatic rings. The highest BCUT2D eigenvalue weighted by Gasteiger charge is 2.34. The molecule has 0 unspecified atom stereocenters. The summed E-state index contributed by atoms with van der Waals surface area (Å²) in [6, 6.07) is 42.1. The molecule has 0 aliphatic heterocycles. The average Bonchev–Trinajstić information content (AvgIpc) is 3.97.